The summed E-state index contributed by atoms with van der Waals surface area (Å²) in [5.41, 5.74) is 4.41. The molecule has 15 heavy (non-hydrogen) atoms. The molecule has 0 radical (unpaired) electrons. The Labute approximate surface area is 90.8 Å². The maximum Gasteiger partial charge on any atom is 0.239 e. The molecule has 0 aliphatic rings. The summed E-state index contributed by atoms with van der Waals surface area (Å²) in [4.78, 5) is 22.3. The van der Waals surface area contributed by atoms with Gasteiger partial charge in [-0.2, -0.15) is 0 Å². The molecule has 0 aliphatic heterocycles. The number of rotatable bonds is 6. The number of hydrogen-bond donors (Lipinski definition) is 3. The van der Waals surface area contributed by atoms with Gasteiger partial charge in [-0.15, -0.1) is 0 Å². The summed E-state index contributed by atoms with van der Waals surface area (Å²) in [5, 5.41) is 5.79. The fraction of sp³-hybridized carbons (Fsp3) is 0.800. The Morgan fingerprint density at radius 2 is 1.93 bits per heavy atom. The van der Waals surface area contributed by atoms with Gasteiger partial charge in [0.05, 0.1) is 5.54 Å². The summed E-state index contributed by atoms with van der Waals surface area (Å²) in [5.74, 6) is -0.540. The van der Waals surface area contributed by atoms with E-state index in [4.69, 9.17) is 5.73 Å². The minimum atomic E-state index is -0.624. The molecule has 0 spiro atoms. The lowest BCUT2D eigenvalue weighted by molar-refractivity contribution is -0.127. The normalized spacial score (nSPS) is 13.3. The largest absolute Gasteiger partial charge is 0.370 e. The quantitative estimate of drug-likeness (QED) is 0.571. The number of nitrogens with two attached hydrogens (primary N) is 1. The van der Waals surface area contributed by atoms with Gasteiger partial charge in [0.1, 0.15) is 0 Å². The summed E-state index contributed by atoms with van der Waals surface area (Å²) in [6, 6.07) is -0.229. The van der Waals surface area contributed by atoms with Crippen LogP contribution in [0.2, 0.25) is 0 Å². The maximum absolute atomic E-state index is 11.7. The van der Waals surface area contributed by atoms with E-state index in [1.54, 1.807) is 20.8 Å². The van der Waals surface area contributed by atoms with Crippen molar-refractivity contribution in [2.24, 2.45) is 5.73 Å². The van der Waals surface area contributed by atoms with Crippen molar-refractivity contribution >= 4 is 11.8 Å². The van der Waals surface area contributed by atoms with Crippen LogP contribution in [0, 0.1) is 0 Å². The van der Waals surface area contributed by atoms with Gasteiger partial charge in [-0.25, -0.2) is 0 Å². The minimum absolute atomic E-state index is 0.127. The van der Waals surface area contributed by atoms with Gasteiger partial charge in [-0.1, -0.05) is 6.92 Å². The molecular formula is C10H21N3O2. The highest BCUT2D eigenvalue weighted by Gasteiger charge is 2.27. The van der Waals surface area contributed by atoms with Crippen molar-refractivity contribution in [3.05, 3.63) is 0 Å². The van der Waals surface area contributed by atoms with E-state index in [-0.39, 0.29) is 18.4 Å². The first kappa shape index (κ1) is 13.9. The highest BCUT2D eigenvalue weighted by Crippen LogP contribution is 2.03. The van der Waals surface area contributed by atoms with Crippen LogP contribution >= 0.6 is 0 Å². The lowest BCUT2D eigenvalue weighted by Crippen LogP contribution is -2.54. The Balaban J connectivity index is 4.17. The van der Waals surface area contributed by atoms with E-state index in [2.05, 4.69) is 10.6 Å². The zero-order chi connectivity index (χ0) is 12.1. The van der Waals surface area contributed by atoms with Crippen LogP contribution in [0.3, 0.4) is 0 Å². The highest BCUT2D eigenvalue weighted by molar-refractivity contribution is 5.86. The number of carbonyl (C=O) groups excluding carboxylic acids is 2. The lowest BCUT2D eigenvalue weighted by atomic mass is 10.0. The zero-order valence-electron chi connectivity index (χ0n) is 9.89. The second-order valence-corrected chi connectivity index (χ2v) is 4.20. The van der Waals surface area contributed by atoms with Crippen molar-refractivity contribution in [2.75, 3.05) is 6.54 Å². The zero-order valence-corrected chi connectivity index (χ0v) is 9.89. The van der Waals surface area contributed by atoms with Gasteiger partial charge >= 0.3 is 0 Å². The Hall–Kier alpha value is -1.10. The maximum atomic E-state index is 11.7. The standard InChI is InChI=1S/C10H21N3O2/c1-5-12-10(3,4)9(15)13-7(2)6-8(11)14/h7,12H,5-6H2,1-4H3,(H2,11,14)(H,13,15). The molecule has 0 aromatic carbocycles. The first-order valence-corrected chi connectivity index (χ1v) is 5.14. The van der Waals surface area contributed by atoms with E-state index in [0.717, 1.165) is 0 Å². The molecule has 0 aliphatic carbocycles. The number of hydrogen-bond acceptors (Lipinski definition) is 3. The summed E-state index contributed by atoms with van der Waals surface area (Å²) in [6.07, 6.45) is 0.161. The van der Waals surface area contributed by atoms with Crippen molar-refractivity contribution in [1.29, 1.82) is 0 Å². The van der Waals surface area contributed by atoms with Crippen LogP contribution in [0.15, 0.2) is 0 Å². The van der Waals surface area contributed by atoms with Crippen LogP contribution in [0.5, 0.6) is 0 Å². The van der Waals surface area contributed by atoms with E-state index in [9.17, 15) is 9.59 Å². The smallest absolute Gasteiger partial charge is 0.239 e. The summed E-state index contributed by atoms with van der Waals surface area (Å²) in [7, 11) is 0. The minimum Gasteiger partial charge on any atom is -0.370 e. The Kier molecular flexibility index (Phi) is 5.28. The molecule has 5 heteroatoms. The van der Waals surface area contributed by atoms with Crippen molar-refractivity contribution in [2.45, 2.75) is 45.7 Å². The van der Waals surface area contributed by atoms with Crippen LogP contribution in [0.4, 0.5) is 0 Å². The molecule has 1 unspecified atom stereocenters. The second-order valence-electron chi connectivity index (χ2n) is 4.20. The highest BCUT2D eigenvalue weighted by atomic mass is 16.2. The van der Waals surface area contributed by atoms with Gasteiger partial charge in [0, 0.05) is 12.5 Å². The molecule has 0 rings (SSSR count). The van der Waals surface area contributed by atoms with E-state index in [0.29, 0.717) is 6.54 Å². The van der Waals surface area contributed by atoms with Crippen LogP contribution in [-0.2, 0) is 9.59 Å². The monoisotopic (exact) mass is 215 g/mol. The predicted molar refractivity (Wildman–Crippen MR) is 59.2 cm³/mol. The van der Waals surface area contributed by atoms with Gasteiger partial charge in [-0.05, 0) is 27.3 Å². The van der Waals surface area contributed by atoms with Gasteiger partial charge in [-0.3, -0.25) is 9.59 Å². The fourth-order valence-electron chi connectivity index (χ4n) is 1.28. The first-order chi connectivity index (χ1) is 6.79. The molecule has 0 aromatic heterocycles. The van der Waals surface area contributed by atoms with E-state index >= 15 is 0 Å². The van der Waals surface area contributed by atoms with Crippen LogP contribution in [0.25, 0.3) is 0 Å². The molecule has 1 atom stereocenters. The van der Waals surface area contributed by atoms with Crippen molar-refractivity contribution in [3.63, 3.8) is 0 Å². The van der Waals surface area contributed by atoms with Gasteiger partial charge < -0.3 is 16.4 Å². The molecule has 4 N–H and O–H groups in total. The van der Waals surface area contributed by atoms with Gasteiger partial charge in [0.15, 0.2) is 0 Å². The van der Waals surface area contributed by atoms with E-state index in [1.165, 1.54) is 0 Å². The van der Waals surface area contributed by atoms with Crippen LogP contribution in [0.1, 0.15) is 34.1 Å². The molecule has 88 valence electrons. The Morgan fingerprint density at radius 1 is 1.40 bits per heavy atom. The molecule has 0 heterocycles. The average Bonchev–Trinajstić information content (AvgIpc) is 2.01. The molecule has 0 bridgehead atoms. The molecule has 0 saturated carbocycles. The van der Waals surface area contributed by atoms with Crippen LogP contribution in [-0.4, -0.2) is 29.9 Å². The number of amides is 2. The summed E-state index contributed by atoms with van der Waals surface area (Å²) < 4.78 is 0. The third-order valence-electron chi connectivity index (χ3n) is 2.07. The SMILES string of the molecule is CCNC(C)(C)C(=O)NC(C)CC(N)=O. The fourth-order valence-corrected chi connectivity index (χ4v) is 1.28. The number of likely N-dealkylation sites (N-methyl/N-ethyl adjacent to an activating group) is 1. The average molecular weight is 215 g/mol. The third-order valence-corrected chi connectivity index (χ3v) is 2.07. The Morgan fingerprint density at radius 3 is 2.33 bits per heavy atom. The van der Waals surface area contributed by atoms with Crippen molar-refractivity contribution < 1.29 is 9.59 Å². The van der Waals surface area contributed by atoms with Crippen molar-refractivity contribution in [3.8, 4) is 0 Å². The summed E-state index contributed by atoms with van der Waals surface area (Å²) >= 11 is 0. The number of primary amides is 1. The molecular weight excluding hydrogens is 194 g/mol. The number of carbonyl (C=O) groups is 2. The van der Waals surface area contributed by atoms with Crippen LogP contribution < -0.4 is 16.4 Å². The lowest BCUT2D eigenvalue weighted by Gasteiger charge is -2.26. The second kappa shape index (κ2) is 5.70. The van der Waals surface area contributed by atoms with Gasteiger partial charge in [0.2, 0.25) is 11.8 Å². The molecule has 0 aromatic rings. The van der Waals surface area contributed by atoms with Gasteiger partial charge in [0.25, 0.3) is 0 Å². The number of nitrogens with one attached hydrogen (secondary N) is 2. The molecule has 0 saturated heterocycles. The molecule has 0 fully saturated rings. The Bertz CT molecular complexity index is 239. The first-order valence-electron chi connectivity index (χ1n) is 5.14. The third kappa shape index (κ3) is 5.37. The van der Waals surface area contributed by atoms with E-state index in [1.807, 2.05) is 6.92 Å². The molecule has 2 amide bonds. The van der Waals surface area contributed by atoms with Crippen molar-refractivity contribution in [1.82, 2.24) is 10.6 Å². The topological polar surface area (TPSA) is 84.2 Å². The van der Waals surface area contributed by atoms with E-state index < -0.39 is 11.4 Å². The summed E-state index contributed by atoms with van der Waals surface area (Å²) in [6.45, 7) is 7.99. The predicted octanol–water partition coefficient (Wildman–Crippen LogP) is -0.245. The molecule has 5 nitrogen and oxygen atoms in total.